The Bertz CT molecular complexity index is 690. The van der Waals surface area contributed by atoms with E-state index in [2.05, 4.69) is 4.72 Å². The first-order valence-electron chi connectivity index (χ1n) is 5.78. The van der Waals surface area contributed by atoms with Crippen LogP contribution in [0.5, 0.6) is 0 Å². The molecule has 0 aliphatic rings. The molecule has 0 bridgehead atoms. The molecule has 0 spiro atoms. The number of hydrogen-bond donors (Lipinski definition) is 2. The van der Waals surface area contributed by atoms with Crippen LogP contribution in [0.3, 0.4) is 0 Å². The lowest BCUT2D eigenvalue weighted by molar-refractivity contribution is 0.272. The Labute approximate surface area is 112 Å². The highest BCUT2D eigenvalue weighted by Crippen LogP contribution is 2.20. The van der Waals surface area contributed by atoms with Crippen molar-refractivity contribution in [1.82, 2.24) is 4.57 Å². The largest absolute Gasteiger partial charge is 0.390 e. The topological polar surface area (TPSA) is 71.3 Å². The Morgan fingerprint density at radius 2 is 2.00 bits per heavy atom. The number of aromatic nitrogens is 1. The maximum Gasteiger partial charge on any atom is 0.263 e. The van der Waals surface area contributed by atoms with Crippen LogP contribution >= 0.6 is 0 Å². The number of sulfonamides is 1. The second-order valence-corrected chi connectivity index (χ2v) is 6.04. The van der Waals surface area contributed by atoms with E-state index in [9.17, 15) is 8.42 Å². The summed E-state index contributed by atoms with van der Waals surface area (Å²) in [7, 11) is -1.94. The molecule has 2 N–H and O–H groups in total. The summed E-state index contributed by atoms with van der Waals surface area (Å²) in [5.41, 5.74) is 1.95. The third kappa shape index (κ3) is 2.80. The fourth-order valence-corrected chi connectivity index (χ4v) is 3.00. The number of aliphatic hydroxyl groups excluding tert-OH is 1. The lowest BCUT2D eigenvalue weighted by atomic mass is 10.2. The summed E-state index contributed by atoms with van der Waals surface area (Å²) in [4.78, 5) is 0.141. The summed E-state index contributed by atoms with van der Waals surface area (Å²) < 4.78 is 28.6. The van der Waals surface area contributed by atoms with E-state index < -0.39 is 10.0 Å². The standard InChI is InChI=1S/C13H16N2O3S/c1-10-5-3-4-6-13(10)14-19(17,18)12-7-11(9-16)15(2)8-12/h3-8,14,16H,9H2,1-2H3. The fraction of sp³-hybridized carbons (Fsp3) is 0.231. The number of benzene rings is 1. The van der Waals surface area contributed by atoms with Gasteiger partial charge in [0.2, 0.25) is 0 Å². The van der Waals surface area contributed by atoms with Crippen LogP contribution in [0.4, 0.5) is 5.69 Å². The highest BCUT2D eigenvalue weighted by atomic mass is 32.2. The van der Waals surface area contributed by atoms with Gasteiger partial charge in [-0.25, -0.2) is 8.42 Å². The van der Waals surface area contributed by atoms with Crippen molar-refractivity contribution in [2.45, 2.75) is 18.4 Å². The number of anilines is 1. The van der Waals surface area contributed by atoms with E-state index in [1.54, 1.807) is 23.7 Å². The normalized spacial score (nSPS) is 11.5. The maximum atomic E-state index is 12.2. The lowest BCUT2D eigenvalue weighted by Crippen LogP contribution is -2.13. The first kappa shape index (κ1) is 13.6. The molecule has 1 aromatic carbocycles. The van der Waals surface area contributed by atoms with E-state index >= 15 is 0 Å². The van der Waals surface area contributed by atoms with Gasteiger partial charge in [0.1, 0.15) is 4.90 Å². The number of para-hydroxylation sites is 1. The summed E-state index contributed by atoms with van der Waals surface area (Å²) in [6.45, 7) is 1.64. The van der Waals surface area contributed by atoms with Crippen LogP contribution in [-0.2, 0) is 23.7 Å². The van der Waals surface area contributed by atoms with Gasteiger partial charge in [-0.15, -0.1) is 0 Å². The number of nitrogens with zero attached hydrogens (tertiary/aromatic N) is 1. The monoisotopic (exact) mass is 280 g/mol. The molecule has 0 fully saturated rings. The van der Waals surface area contributed by atoms with Gasteiger partial charge in [0.25, 0.3) is 10.0 Å². The van der Waals surface area contributed by atoms with Crippen molar-refractivity contribution < 1.29 is 13.5 Å². The Kier molecular flexibility index (Phi) is 3.64. The molecule has 0 atom stereocenters. The molecule has 2 aromatic rings. The zero-order chi connectivity index (χ0) is 14.0. The Balaban J connectivity index is 2.35. The van der Waals surface area contributed by atoms with Crippen molar-refractivity contribution in [3.8, 4) is 0 Å². The molecule has 2 rings (SSSR count). The minimum atomic E-state index is -3.63. The van der Waals surface area contributed by atoms with Gasteiger partial charge in [0.05, 0.1) is 12.3 Å². The second-order valence-electron chi connectivity index (χ2n) is 4.36. The van der Waals surface area contributed by atoms with Crippen LogP contribution in [0, 0.1) is 6.92 Å². The van der Waals surface area contributed by atoms with Crippen LogP contribution in [0.25, 0.3) is 0 Å². The first-order valence-corrected chi connectivity index (χ1v) is 7.27. The third-order valence-corrected chi connectivity index (χ3v) is 4.28. The van der Waals surface area contributed by atoms with Crippen molar-refractivity contribution >= 4 is 15.7 Å². The van der Waals surface area contributed by atoms with Crippen molar-refractivity contribution in [3.05, 3.63) is 47.8 Å². The van der Waals surface area contributed by atoms with E-state index in [4.69, 9.17) is 5.11 Å². The minimum Gasteiger partial charge on any atom is -0.390 e. The van der Waals surface area contributed by atoms with Crippen molar-refractivity contribution in [1.29, 1.82) is 0 Å². The van der Waals surface area contributed by atoms with Crippen LogP contribution in [-0.4, -0.2) is 18.1 Å². The molecule has 6 heteroatoms. The molecular weight excluding hydrogens is 264 g/mol. The molecule has 0 saturated heterocycles. The highest BCUT2D eigenvalue weighted by Gasteiger charge is 2.18. The van der Waals surface area contributed by atoms with Gasteiger partial charge < -0.3 is 9.67 Å². The van der Waals surface area contributed by atoms with Gasteiger partial charge in [0, 0.05) is 18.9 Å². The third-order valence-electron chi connectivity index (χ3n) is 2.94. The second kappa shape index (κ2) is 5.07. The first-order chi connectivity index (χ1) is 8.94. The quantitative estimate of drug-likeness (QED) is 0.894. The summed E-state index contributed by atoms with van der Waals surface area (Å²) in [5.74, 6) is 0. The molecule has 0 aliphatic heterocycles. The molecule has 19 heavy (non-hydrogen) atoms. The molecule has 0 unspecified atom stereocenters. The maximum absolute atomic E-state index is 12.2. The Morgan fingerprint density at radius 1 is 1.32 bits per heavy atom. The number of aryl methyl sites for hydroxylation is 2. The fourth-order valence-electron chi connectivity index (χ4n) is 1.77. The number of nitrogens with one attached hydrogen (secondary N) is 1. The molecule has 5 nitrogen and oxygen atoms in total. The van der Waals surface area contributed by atoms with Crippen molar-refractivity contribution in [2.75, 3.05) is 4.72 Å². The molecular formula is C13H16N2O3S. The molecule has 0 saturated carbocycles. The molecule has 0 amide bonds. The number of rotatable bonds is 4. The smallest absolute Gasteiger partial charge is 0.263 e. The number of aliphatic hydroxyl groups is 1. The van der Waals surface area contributed by atoms with E-state index in [1.807, 2.05) is 19.1 Å². The number of hydrogen-bond acceptors (Lipinski definition) is 3. The van der Waals surface area contributed by atoms with Crippen LogP contribution in [0.2, 0.25) is 0 Å². The summed E-state index contributed by atoms with van der Waals surface area (Å²) in [6, 6.07) is 8.62. The van der Waals surface area contributed by atoms with Gasteiger partial charge in [-0.05, 0) is 24.6 Å². The summed E-state index contributed by atoms with van der Waals surface area (Å²) >= 11 is 0. The molecule has 102 valence electrons. The summed E-state index contributed by atoms with van der Waals surface area (Å²) in [5, 5.41) is 9.10. The van der Waals surface area contributed by atoms with Crippen LogP contribution in [0.15, 0.2) is 41.4 Å². The Hall–Kier alpha value is -1.79. The van der Waals surface area contributed by atoms with Crippen molar-refractivity contribution in [2.24, 2.45) is 7.05 Å². The van der Waals surface area contributed by atoms with Crippen molar-refractivity contribution in [3.63, 3.8) is 0 Å². The van der Waals surface area contributed by atoms with E-state index in [-0.39, 0.29) is 11.5 Å². The van der Waals surface area contributed by atoms with Gasteiger partial charge in [-0.3, -0.25) is 4.72 Å². The lowest BCUT2D eigenvalue weighted by Gasteiger charge is -2.08. The summed E-state index contributed by atoms with van der Waals surface area (Å²) in [6.07, 6.45) is 1.48. The van der Waals surface area contributed by atoms with Gasteiger partial charge in [0.15, 0.2) is 0 Å². The highest BCUT2D eigenvalue weighted by molar-refractivity contribution is 7.92. The molecule has 0 aliphatic carbocycles. The van der Waals surface area contributed by atoms with E-state index in [1.165, 1.54) is 12.3 Å². The average Bonchev–Trinajstić information content (AvgIpc) is 2.74. The zero-order valence-corrected chi connectivity index (χ0v) is 11.6. The van der Waals surface area contributed by atoms with E-state index in [0.717, 1.165) is 5.56 Å². The van der Waals surface area contributed by atoms with Gasteiger partial charge in [-0.2, -0.15) is 0 Å². The predicted molar refractivity (Wildman–Crippen MR) is 73.3 cm³/mol. The molecule has 0 radical (unpaired) electrons. The Morgan fingerprint density at radius 3 is 2.58 bits per heavy atom. The molecule has 1 heterocycles. The van der Waals surface area contributed by atoms with Gasteiger partial charge >= 0.3 is 0 Å². The minimum absolute atomic E-state index is 0.141. The van der Waals surface area contributed by atoms with Gasteiger partial charge in [-0.1, -0.05) is 18.2 Å². The van der Waals surface area contributed by atoms with Crippen LogP contribution in [0.1, 0.15) is 11.3 Å². The molecule has 1 aromatic heterocycles. The zero-order valence-electron chi connectivity index (χ0n) is 10.8. The average molecular weight is 280 g/mol. The van der Waals surface area contributed by atoms with Crippen LogP contribution < -0.4 is 4.72 Å². The van der Waals surface area contributed by atoms with E-state index in [0.29, 0.717) is 11.4 Å². The predicted octanol–water partition coefficient (Wildman–Crippen LogP) is 1.63. The SMILES string of the molecule is Cc1ccccc1NS(=O)(=O)c1cc(CO)n(C)c1.